The van der Waals surface area contributed by atoms with Gasteiger partial charge in [0.1, 0.15) is 5.83 Å². The van der Waals surface area contributed by atoms with Crippen molar-refractivity contribution < 1.29 is 26.4 Å². The average molecular weight is 256 g/mol. The van der Waals surface area contributed by atoms with E-state index in [0.717, 1.165) is 0 Å². The number of rotatable bonds is 2. The zero-order valence-electron chi connectivity index (χ0n) is 9.10. The third-order valence-electron chi connectivity index (χ3n) is 1.71. The lowest BCUT2D eigenvalue weighted by Crippen LogP contribution is -2.18. The molecular formula is C9H12BF5NO-. The minimum Gasteiger partial charge on any atom is -0.481 e. The second-order valence-corrected chi connectivity index (χ2v) is 3.06. The van der Waals surface area contributed by atoms with Gasteiger partial charge in [-0.1, -0.05) is 12.2 Å². The molecule has 0 aliphatic heterocycles. The maximum atomic E-state index is 13.0. The number of ether oxygens (including phenoxy) is 1. The first kappa shape index (κ1) is 15.7. The fourth-order valence-electron chi connectivity index (χ4n) is 1.09. The van der Waals surface area contributed by atoms with E-state index >= 15 is 0 Å². The molecule has 0 heterocycles. The van der Waals surface area contributed by atoms with Gasteiger partial charge in [-0.2, -0.15) is 0 Å². The highest BCUT2D eigenvalue weighted by Crippen LogP contribution is 2.22. The molecule has 1 aliphatic rings. The molecule has 1 aliphatic carbocycles. The smallest absolute Gasteiger partial charge is 0.481 e. The van der Waals surface area contributed by atoms with Gasteiger partial charge in [0.15, 0.2) is 5.90 Å². The summed E-state index contributed by atoms with van der Waals surface area (Å²) >= 11 is 0. The molecule has 1 N–H and O–H groups in total. The van der Waals surface area contributed by atoms with Crippen molar-refractivity contribution >= 4 is 13.2 Å². The van der Waals surface area contributed by atoms with Crippen LogP contribution in [0.1, 0.15) is 13.3 Å². The third-order valence-corrected chi connectivity index (χ3v) is 1.71. The Kier molecular flexibility index (Phi) is 6.53. The molecule has 0 saturated heterocycles. The number of allylic oxidation sites excluding steroid dienone is 3. The lowest BCUT2D eigenvalue weighted by Gasteiger charge is -2.16. The molecule has 1 atom stereocenters. The van der Waals surface area contributed by atoms with E-state index in [2.05, 4.69) is 0 Å². The first-order chi connectivity index (χ1) is 7.75. The van der Waals surface area contributed by atoms with Gasteiger partial charge in [0.05, 0.1) is 12.5 Å². The molecule has 1 rings (SSSR count). The Labute approximate surface area is 95.8 Å². The van der Waals surface area contributed by atoms with Crippen molar-refractivity contribution in [3.8, 4) is 0 Å². The van der Waals surface area contributed by atoms with Crippen LogP contribution >= 0.6 is 0 Å². The summed E-state index contributed by atoms with van der Waals surface area (Å²) in [7, 11) is -6.00. The van der Waals surface area contributed by atoms with Crippen molar-refractivity contribution in [3.63, 3.8) is 0 Å². The van der Waals surface area contributed by atoms with Crippen LogP contribution in [-0.4, -0.2) is 19.8 Å². The normalized spacial score (nSPS) is 18.9. The van der Waals surface area contributed by atoms with E-state index in [-0.39, 0.29) is 11.7 Å². The van der Waals surface area contributed by atoms with E-state index in [1.807, 2.05) is 6.08 Å². The second-order valence-electron chi connectivity index (χ2n) is 3.06. The van der Waals surface area contributed by atoms with Gasteiger partial charge in [0.25, 0.3) is 0 Å². The SMILES string of the molecule is CCOC(=N)C1CC=CC=C1F.F[B-](F)(F)F. The predicted molar refractivity (Wildman–Crippen MR) is 56.0 cm³/mol. The van der Waals surface area contributed by atoms with Gasteiger partial charge in [-0.25, -0.2) is 4.39 Å². The highest BCUT2D eigenvalue weighted by Gasteiger charge is 2.21. The average Bonchev–Trinajstić information content (AvgIpc) is 2.16. The lowest BCUT2D eigenvalue weighted by molar-refractivity contribution is 0.295. The topological polar surface area (TPSA) is 33.1 Å². The van der Waals surface area contributed by atoms with Crippen LogP contribution in [0, 0.1) is 11.3 Å². The van der Waals surface area contributed by atoms with E-state index in [9.17, 15) is 21.7 Å². The molecule has 0 aromatic rings. The summed E-state index contributed by atoms with van der Waals surface area (Å²) in [6.07, 6.45) is 5.40. The minimum absolute atomic E-state index is 0.0237. The number of halogens is 5. The predicted octanol–water partition coefficient (Wildman–Crippen LogP) is 3.73. The first-order valence-electron chi connectivity index (χ1n) is 4.86. The highest BCUT2D eigenvalue weighted by molar-refractivity contribution is 6.50. The van der Waals surface area contributed by atoms with E-state index in [0.29, 0.717) is 13.0 Å². The molecule has 2 nitrogen and oxygen atoms in total. The molecule has 17 heavy (non-hydrogen) atoms. The molecule has 0 fully saturated rings. The maximum Gasteiger partial charge on any atom is 0.673 e. The Morgan fingerprint density at radius 1 is 1.47 bits per heavy atom. The van der Waals surface area contributed by atoms with Crippen LogP contribution in [0.5, 0.6) is 0 Å². The molecule has 0 aromatic carbocycles. The lowest BCUT2D eigenvalue weighted by atomic mass is 9.99. The fourth-order valence-corrected chi connectivity index (χ4v) is 1.09. The zero-order valence-corrected chi connectivity index (χ0v) is 9.10. The van der Waals surface area contributed by atoms with Crippen LogP contribution in [-0.2, 0) is 4.74 Å². The van der Waals surface area contributed by atoms with Gasteiger partial charge in [-0.3, -0.25) is 5.41 Å². The van der Waals surface area contributed by atoms with Crippen LogP contribution in [0.4, 0.5) is 21.7 Å². The second kappa shape index (κ2) is 7.08. The van der Waals surface area contributed by atoms with Crippen molar-refractivity contribution in [1.29, 1.82) is 5.41 Å². The van der Waals surface area contributed by atoms with Crippen LogP contribution in [0.25, 0.3) is 0 Å². The van der Waals surface area contributed by atoms with Crippen LogP contribution < -0.4 is 0 Å². The van der Waals surface area contributed by atoms with E-state index in [1.165, 1.54) is 6.08 Å². The van der Waals surface area contributed by atoms with Crippen molar-refractivity contribution in [2.24, 2.45) is 5.92 Å². The monoisotopic (exact) mass is 256 g/mol. The summed E-state index contributed by atoms with van der Waals surface area (Å²) in [6, 6.07) is 0. The molecule has 0 spiro atoms. The van der Waals surface area contributed by atoms with Gasteiger partial charge in [0.2, 0.25) is 0 Å². The van der Waals surface area contributed by atoms with Crippen molar-refractivity contribution in [3.05, 3.63) is 24.1 Å². The van der Waals surface area contributed by atoms with E-state index in [1.54, 1.807) is 13.0 Å². The van der Waals surface area contributed by atoms with Crippen molar-refractivity contribution in [2.75, 3.05) is 6.61 Å². The summed E-state index contributed by atoms with van der Waals surface area (Å²) < 4.78 is 56.9. The van der Waals surface area contributed by atoms with Crippen molar-refractivity contribution in [1.82, 2.24) is 0 Å². The van der Waals surface area contributed by atoms with E-state index < -0.39 is 13.2 Å². The summed E-state index contributed by atoms with van der Waals surface area (Å²) in [5.41, 5.74) is 0. The molecule has 0 radical (unpaired) electrons. The number of nitrogens with one attached hydrogen (secondary N) is 1. The minimum atomic E-state index is -6.00. The number of hydrogen-bond acceptors (Lipinski definition) is 2. The van der Waals surface area contributed by atoms with Gasteiger partial charge in [0, 0.05) is 0 Å². The first-order valence-corrected chi connectivity index (χ1v) is 4.86. The molecule has 98 valence electrons. The summed E-state index contributed by atoms with van der Waals surface area (Å²) in [4.78, 5) is 0. The summed E-state index contributed by atoms with van der Waals surface area (Å²) in [6.45, 7) is 2.21. The molecule has 1 unspecified atom stereocenters. The summed E-state index contributed by atoms with van der Waals surface area (Å²) in [5.74, 6) is -0.749. The Balaban J connectivity index is 0.000000437. The Morgan fingerprint density at radius 2 is 2.00 bits per heavy atom. The summed E-state index contributed by atoms with van der Waals surface area (Å²) in [5, 5.41) is 7.38. The van der Waals surface area contributed by atoms with Crippen LogP contribution in [0.15, 0.2) is 24.1 Å². The van der Waals surface area contributed by atoms with E-state index in [4.69, 9.17) is 10.1 Å². The van der Waals surface area contributed by atoms with Gasteiger partial charge in [-0.05, 0) is 19.4 Å². The Bertz CT molecular complexity index is 307. The molecule has 0 saturated carbocycles. The molecule has 0 amide bonds. The number of hydrogen-bond donors (Lipinski definition) is 1. The van der Waals surface area contributed by atoms with Crippen molar-refractivity contribution in [2.45, 2.75) is 13.3 Å². The fraction of sp³-hybridized carbons (Fsp3) is 0.444. The third kappa shape index (κ3) is 8.47. The quantitative estimate of drug-likeness (QED) is 0.347. The van der Waals surface area contributed by atoms with Gasteiger partial charge in [-0.15, -0.1) is 0 Å². The Hall–Kier alpha value is -1.34. The molecule has 0 bridgehead atoms. The largest absolute Gasteiger partial charge is 0.673 e. The Morgan fingerprint density at radius 3 is 2.41 bits per heavy atom. The van der Waals surface area contributed by atoms with Crippen LogP contribution in [0.2, 0.25) is 0 Å². The zero-order chi connectivity index (χ0) is 13.5. The van der Waals surface area contributed by atoms with Gasteiger partial charge < -0.3 is 22.0 Å². The van der Waals surface area contributed by atoms with Gasteiger partial charge >= 0.3 is 7.25 Å². The molecule has 0 aromatic heterocycles. The molecule has 8 heteroatoms. The standard InChI is InChI=1S/C9H12FNO.BF4/c1-2-12-9(11)7-5-3-4-6-8(7)10;2-1(3,4)5/h3-4,6-7,11H,2,5H2,1H3;/q;-1. The molecular weight excluding hydrogens is 244 g/mol. The maximum absolute atomic E-state index is 13.0. The highest BCUT2D eigenvalue weighted by atomic mass is 19.5. The van der Waals surface area contributed by atoms with Crippen LogP contribution in [0.3, 0.4) is 0 Å².